The van der Waals surface area contributed by atoms with E-state index in [-0.39, 0.29) is 18.9 Å². The maximum absolute atomic E-state index is 13.5. The van der Waals surface area contributed by atoms with Crippen LogP contribution in [0.5, 0.6) is 0 Å². The fourth-order valence-electron chi connectivity index (χ4n) is 15.4. The first-order valence-electron chi connectivity index (χ1n) is 47.9. The van der Waals surface area contributed by atoms with Crippen LogP contribution in [0.1, 0.15) is 361 Å². The van der Waals surface area contributed by atoms with Crippen molar-refractivity contribution in [3.63, 3.8) is 0 Å². The monoisotopic (exact) mass is 1680 g/mol. The van der Waals surface area contributed by atoms with E-state index >= 15 is 0 Å². The average molecular weight is 1680 g/mol. The summed E-state index contributed by atoms with van der Waals surface area (Å²) in [6.45, 7) is 1.64. The molecule has 19 nitrogen and oxygen atoms in total. The van der Waals surface area contributed by atoms with Gasteiger partial charge in [0.2, 0.25) is 5.91 Å². The second-order valence-corrected chi connectivity index (χ2v) is 33.4. The maximum atomic E-state index is 13.5. The van der Waals surface area contributed by atoms with E-state index in [0.29, 0.717) is 12.8 Å². The van der Waals surface area contributed by atoms with Gasteiger partial charge in [-0.3, -0.25) is 4.79 Å². The largest absolute Gasteiger partial charge is 0.394 e. The molecule has 17 atom stereocenters. The van der Waals surface area contributed by atoms with E-state index in [1.807, 2.05) is 6.08 Å². The number of allylic oxidation sites excluding steroid dienone is 21. The normalized spacial score (nSPS) is 24.8. The van der Waals surface area contributed by atoms with Gasteiger partial charge >= 0.3 is 0 Å². The molecule has 12 N–H and O–H groups in total. The lowest BCUT2D eigenvalue weighted by molar-refractivity contribution is -0.379. The molecule has 0 saturated carbocycles. The summed E-state index contributed by atoms with van der Waals surface area (Å²) in [6.07, 6.45) is 86.1. The van der Waals surface area contributed by atoms with Crippen LogP contribution < -0.4 is 5.32 Å². The third-order valence-electron chi connectivity index (χ3n) is 22.9. The molecule has 3 fully saturated rings. The molecule has 0 aromatic rings. The molecule has 0 aliphatic carbocycles. The summed E-state index contributed by atoms with van der Waals surface area (Å²) in [5.74, 6) is -0.287. The molecule has 3 heterocycles. The van der Waals surface area contributed by atoms with E-state index in [4.69, 9.17) is 28.4 Å². The number of carbonyl (C=O) groups excluding carboxylic acids is 1. The van der Waals surface area contributed by atoms with Gasteiger partial charge in [-0.25, -0.2) is 0 Å². The van der Waals surface area contributed by atoms with Crippen molar-refractivity contribution < 1.29 is 89.4 Å². The number of hydrogen-bond acceptors (Lipinski definition) is 18. The van der Waals surface area contributed by atoms with Crippen molar-refractivity contribution in [2.75, 3.05) is 26.4 Å². The highest BCUT2D eigenvalue weighted by atomic mass is 16.8. The molecule has 0 aromatic carbocycles. The highest BCUT2D eigenvalue weighted by Gasteiger charge is 2.54. The Balaban J connectivity index is 1.32. The van der Waals surface area contributed by atoms with Crippen LogP contribution in [0.2, 0.25) is 0 Å². The number of unbranched alkanes of at least 4 members (excludes halogenated alkanes) is 41. The average Bonchev–Trinajstić information content (AvgIpc) is 0.778. The molecule has 3 saturated heterocycles. The molecule has 0 radical (unpaired) electrons. The van der Waals surface area contributed by atoms with Gasteiger partial charge in [0, 0.05) is 6.42 Å². The quantitative estimate of drug-likeness (QED) is 0.0199. The standard InChI is InChI=1S/C100H173NO18/c1-3-5-7-9-11-13-15-17-19-21-23-25-27-29-31-33-35-37-38-39-40-41-42-43-44-46-48-50-52-54-56-58-60-62-64-66-68-70-72-74-76-78-88(106)101-83(84(105)77-75-73-71-69-67-65-63-61-59-57-55-53-51-49-47-45-36-34-32-30-28-26-24-22-20-18-16-14-12-10-8-6-4-2)82-114-98-94(112)91(109)96(86(80-103)116-98)119-100-95(113)92(110)97(87(81-104)117-100)118-99-93(111)90(108)89(107)85(79-102)115-99/h5,7,11,13,17,19,23,25,29,31,35,37,39-40,42-43,46,48,67,69,75,77,83-87,89-100,102-105,107-113H,3-4,6,8-10,12,14-16,18,20-22,24,26-28,30,32-34,36,38,41,44-45,47,49-66,68,70-74,76,78-82H2,1-2H3,(H,101,106)/b7-5-,13-11-,19-17-,25-23-,31-29-,37-35-,40-39-,43-42-,48-46-,69-67+,77-75+. The van der Waals surface area contributed by atoms with Gasteiger partial charge in [-0.05, 0) is 103 Å². The molecule has 0 aromatic heterocycles. The van der Waals surface area contributed by atoms with Crippen molar-refractivity contribution in [2.45, 2.75) is 465 Å². The van der Waals surface area contributed by atoms with Crippen molar-refractivity contribution in [2.24, 2.45) is 0 Å². The van der Waals surface area contributed by atoms with Crippen LogP contribution in [0.3, 0.4) is 0 Å². The predicted octanol–water partition coefficient (Wildman–Crippen LogP) is 19.5. The number of hydrogen-bond donors (Lipinski definition) is 12. The summed E-state index contributed by atoms with van der Waals surface area (Å²) >= 11 is 0. The number of ether oxygens (including phenoxy) is 6. The Bertz CT molecular complexity index is 2670. The third-order valence-corrected chi connectivity index (χ3v) is 22.9. The first-order valence-corrected chi connectivity index (χ1v) is 47.9. The summed E-state index contributed by atoms with van der Waals surface area (Å²) in [5, 5.41) is 121. The lowest BCUT2D eigenvalue weighted by Crippen LogP contribution is -2.66. The van der Waals surface area contributed by atoms with E-state index in [1.165, 1.54) is 218 Å². The molecule has 0 bridgehead atoms. The molecular weight excluding hydrogens is 1500 g/mol. The Morgan fingerprint density at radius 2 is 0.588 bits per heavy atom. The van der Waals surface area contributed by atoms with Crippen LogP contribution >= 0.6 is 0 Å². The maximum Gasteiger partial charge on any atom is 0.220 e. The Hall–Kier alpha value is -4.07. The lowest BCUT2D eigenvalue weighted by Gasteiger charge is -2.48. The van der Waals surface area contributed by atoms with Crippen LogP contribution in [0.15, 0.2) is 134 Å². The molecular formula is C100H173NO18. The van der Waals surface area contributed by atoms with Gasteiger partial charge in [0.1, 0.15) is 73.2 Å². The van der Waals surface area contributed by atoms with E-state index in [0.717, 1.165) is 109 Å². The summed E-state index contributed by atoms with van der Waals surface area (Å²) in [6, 6.07) is -1.00. The van der Waals surface area contributed by atoms with Crippen LogP contribution in [0, 0.1) is 0 Å². The van der Waals surface area contributed by atoms with Crippen LogP contribution in [-0.2, 0) is 33.2 Å². The first-order chi connectivity index (χ1) is 58.3. The Kier molecular flexibility index (Phi) is 71.1. The molecule has 686 valence electrons. The van der Waals surface area contributed by atoms with Gasteiger partial charge in [0.25, 0.3) is 0 Å². The van der Waals surface area contributed by atoms with E-state index < -0.39 is 124 Å². The van der Waals surface area contributed by atoms with Crippen molar-refractivity contribution >= 4 is 5.91 Å². The second kappa shape index (κ2) is 77.5. The lowest BCUT2D eigenvalue weighted by atomic mass is 9.96. The number of nitrogens with one attached hydrogen (secondary N) is 1. The first kappa shape index (κ1) is 109. The fourth-order valence-corrected chi connectivity index (χ4v) is 15.4. The molecule has 3 aliphatic heterocycles. The number of rotatable bonds is 77. The SMILES string of the molecule is CC/C=C\C/C=C\C/C=C\C/C=C\C/C=C\C/C=C\C/C=C\C/C=C\C/C=C\CCCCCCCCCCCCCCCC(=O)NC(COC1OC(CO)C(OC2OC(CO)C(OC3OC(CO)C(O)C(O)C3O)C(O)C2O)C(O)C1O)C(O)/C=C/CC/C=C/CCCCCCCCCCCCCCCCCCCCCCCCCCCCC. The van der Waals surface area contributed by atoms with Crippen LogP contribution in [0.25, 0.3) is 0 Å². The van der Waals surface area contributed by atoms with Gasteiger partial charge < -0.3 is 89.9 Å². The topological polar surface area (TPSA) is 307 Å². The Morgan fingerprint density at radius 3 is 0.941 bits per heavy atom. The summed E-state index contributed by atoms with van der Waals surface area (Å²) < 4.78 is 34.5. The minimum Gasteiger partial charge on any atom is -0.394 e. The van der Waals surface area contributed by atoms with Crippen molar-refractivity contribution in [3.8, 4) is 0 Å². The molecule has 17 unspecified atom stereocenters. The summed E-state index contributed by atoms with van der Waals surface area (Å²) in [5.41, 5.74) is 0. The smallest absolute Gasteiger partial charge is 0.220 e. The number of aliphatic hydroxyl groups is 11. The van der Waals surface area contributed by atoms with E-state index in [2.05, 4.69) is 141 Å². The Labute approximate surface area is 721 Å². The minimum atomic E-state index is -1.99. The zero-order valence-electron chi connectivity index (χ0n) is 74.3. The predicted molar refractivity (Wildman–Crippen MR) is 484 cm³/mol. The zero-order chi connectivity index (χ0) is 85.9. The summed E-state index contributed by atoms with van der Waals surface area (Å²) in [7, 11) is 0. The zero-order valence-corrected chi connectivity index (χ0v) is 74.3. The highest BCUT2D eigenvalue weighted by molar-refractivity contribution is 5.76. The molecule has 0 spiro atoms. The number of amides is 1. The molecule has 3 aliphatic rings. The van der Waals surface area contributed by atoms with Crippen molar-refractivity contribution in [3.05, 3.63) is 134 Å². The van der Waals surface area contributed by atoms with E-state index in [9.17, 15) is 61.0 Å². The van der Waals surface area contributed by atoms with Crippen molar-refractivity contribution in [1.82, 2.24) is 5.32 Å². The second-order valence-electron chi connectivity index (χ2n) is 33.4. The van der Waals surface area contributed by atoms with Crippen LogP contribution in [0.4, 0.5) is 0 Å². The molecule has 1 amide bonds. The van der Waals surface area contributed by atoms with Gasteiger partial charge in [-0.2, -0.15) is 0 Å². The highest BCUT2D eigenvalue weighted by Crippen LogP contribution is 2.34. The molecule has 19 heteroatoms. The van der Waals surface area contributed by atoms with E-state index in [1.54, 1.807) is 6.08 Å². The number of carbonyl (C=O) groups is 1. The fraction of sp³-hybridized carbons (Fsp3) is 0.770. The molecule has 3 rings (SSSR count). The van der Waals surface area contributed by atoms with Gasteiger partial charge in [0.15, 0.2) is 18.9 Å². The van der Waals surface area contributed by atoms with Crippen LogP contribution in [-0.4, -0.2) is 193 Å². The minimum absolute atomic E-state index is 0.227. The Morgan fingerprint density at radius 1 is 0.311 bits per heavy atom. The number of aliphatic hydroxyl groups excluding tert-OH is 11. The van der Waals surface area contributed by atoms with Gasteiger partial charge in [0.05, 0.1) is 38.6 Å². The van der Waals surface area contributed by atoms with Gasteiger partial charge in [-0.15, -0.1) is 0 Å². The van der Waals surface area contributed by atoms with Crippen molar-refractivity contribution in [1.29, 1.82) is 0 Å². The summed E-state index contributed by atoms with van der Waals surface area (Å²) in [4.78, 5) is 13.5. The third kappa shape index (κ3) is 55.1. The van der Waals surface area contributed by atoms with Gasteiger partial charge in [-0.1, -0.05) is 385 Å². The molecule has 119 heavy (non-hydrogen) atoms.